The van der Waals surface area contributed by atoms with Crippen molar-refractivity contribution in [1.82, 2.24) is 9.88 Å². The van der Waals surface area contributed by atoms with Gasteiger partial charge in [-0.15, -0.1) is 0 Å². The maximum atomic E-state index is 13.3. The minimum absolute atomic E-state index is 0.0667. The Kier molecular flexibility index (Phi) is 4.34. The molecule has 0 bridgehead atoms. The van der Waals surface area contributed by atoms with Crippen LogP contribution in [-0.4, -0.2) is 40.6 Å². The zero-order valence-corrected chi connectivity index (χ0v) is 12.3. The summed E-state index contributed by atoms with van der Waals surface area (Å²) in [4.78, 5) is 18.3. The van der Waals surface area contributed by atoms with Gasteiger partial charge in [-0.3, -0.25) is 9.78 Å². The highest BCUT2D eigenvalue weighted by Crippen LogP contribution is 2.32. The van der Waals surface area contributed by atoms with Gasteiger partial charge in [0.25, 0.3) is 5.91 Å². The summed E-state index contributed by atoms with van der Waals surface area (Å²) in [5.41, 5.74) is 0.911. The molecule has 1 N–H and O–H groups in total. The van der Waals surface area contributed by atoms with Crippen molar-refractivity contribution in [3.8, 4) is 0 Å². The average Bonchev–Trinajstić information content (AvgIpc) is 3.02. The highest BCUT2D eigenvalue weighted by Gasteiger charge is 2.36. The van der Waals surface area contributed by atoms with Crippen LogP contribution in [-0.2, 0) is 0 Å². The van der Waals surface area contributed by atoms with E-state index >= 15 is 0 Å². The molecule has 2 heterocycles. The Hall–Kier alpha value is -2.34. The number of hydrogen-bond donors (Lipinski definition) is 1. The average molecular weight is 318 g/mol. The van der Waals surface area contributed by atoms with Crippen LogP contribution in [0, 0.1) is 17.6 Å². The first-order chi connectivity index (χ1) is 11.1. The lowest BCUT2D eigenvalue weighted by molar-refractivity contribution is 0.0780. The van der Waals surface area contributed by atoms with E-state index in [9.17, 15) is 18.7 Å². The van der Waals surface area contributed by atoms with Crippen LogP contribution in [0.25, 0.3) is 0 Å². The van der Waals surface area contributed by atoms with Gasteiger partial charge < -0.3 is 10.0 Å². The van der Waals surface area contributed by atoms with Crippen molar-refractivity contribution in [3.63, 3.8) is 0 Å². The van der Waals surface area contributed by atoms with Crippen LogP contribution in [0.1, 0.15) is 22.0 Å². The molecule has 4 nitrogen and oxygen atoms in total. The van der Waals surface area contributed by atoms with Gasteiger partial charge >= 0.3 is 0 Å². The lowest BCUT2D eigenvalue weighted by atomic mass is 9.93. The van der Waals surface area contributed by atoms with Gasteiger partial charge in [0.1, 0.15) is 0 Å². The number of rotatable bonds is 3. The summed E-state index contributed by atoms with van der Waals surface area (Å²) in [5, 5.41) is 9.57. The van der Waals surface area contributed by atoms with E-state index in [4.69, 9.17) is 0 Å². The normalized spacial score (nSPS) is 20.7. The number of benzene rings is 1. The summed E-state index contributed by atoms with van der Waals surface area (Å²) in [5.74, 6) is -2.60. The third kappa shape index (κ3) is 3.07. The summed E-state index contributed by atoms with van der Waals surface area (Å²) in [6, 6.07) is 8.63. The topological polar surface area (TPSA) is 53.4 Å². The van der Waals surface area contributed by atoms with Crippen LogP contribution in [0.15, 0.2) is 42.6 Å². The predicted molar refractivity (Wildman–Crippen MR) is 79.8 cm³/mol. The molecule has 1 saturated heterocycles. The van der Waals surface area contributed by atoms with Crippen molar-refractivity contribution in [2.45, 2.75) is 5.92 Å². The number of halogens is 2. The Labute approximate surface area is 132 Å². The van der Waals surface area contributed by atoms with E-state index in [0.29, 0.717) is 13.1 Å². The fourth-order valence-corrected chi connectivity index (χ4v) is 2.96. The SMILES string of the molecule is O=C(c1ccc(F)c(F)c1)N1C[C@@H](CO)[C@H](c2ccccn2)C1. The number of likely N-dealkylation sites (tertiary alicyclic amines) is 1. The van der Waals surface area contributed by atoms with Gasteiger partial charge in [-0.25, -0.2) is 8.78 Å². The van der Waals surface area contributed by atoms with Gasteiger partial charge in [-0.2, -0.15) is 0 Å². The Morgan fingerprint density at radius 2 is 2.04 bits per heavy atom. The van der Waals surface area contributed by atoms with Crippen LogP contribution in [0.3, 0.4) is 0 Å². The van der Waals surface area contributed by atoms with Crippen molar-refractivity contribution < 1.29 is 18.7 Å². The molecule has 23 heavy (non-hydrogen) atoms. The largest absolute Gasteiger partial charge is 0.396 e. The van der Waals surface area contributed by atoms with Crippen LogP contribution in [0.2, 0.25) is 0 Å². The number of aliphatic hydroxyl groups is 1. The zero-order chi connectivity index (χ0) is 16.4. The number of aromatic nitrogens is 1. The van der Waals surface area contributed by atoms with E-state index in [1.807, 2.05) is 12.1 Å². The molecule has 1 amide bonds. The van der Waals surface area contributed by atoms with Crippen molar-refractivity contribution in [2.24, 2.45) is 5.92 Å². The smallest absolute Gasteiger partial charge is 0.253 e. The number of aliphatic hydroxyl groups excluding tert-OH is 1. The third-order valence-corrected chi connectivity index (χ3v) is 4.20. The molecule has 1 aromatic carbocycles. The Morgan fingerprint density at radius 3 is 2.70 bits per heavy atom. The Balaban J connectivity index is 1.81. The lowest BCUT2D eigenvalue weighted by Crippen LogP contribution is -2.29. The van der Waals surface area contributed by atoms with E-state index in [1.54, 1.807) is 17.2 Å². The molecule has 1 aromatic heterocycles. The lowest BCUT2D eigenvalue weighted by Gasteiger charge is -2.16. The van der Waals surface area contributed by atoms with Crippen LogP contribution in [0.4, 0.5) is 8.78 Å². The molecule has 2 aromatic rings. The quantitative estimate of drug-likeness (QED) is 0.944. The standard InChI is InChI=1S/C17H16F2N2O2/c18-14-5-4-11(7-15(14)19)17(23)21-8-12(10-22)13(9-21)16-3-1-2-6-20-16/h1-7,12-13,22H,8-10H2/t12-,13+/m0/s1. The molecule has 2 atom stereocenters. The molecule has 1 aliphatic rings. The van der Waals surface area contributed by atoms with E-state index in [0.717, 1.165) is 17.8 Å². The monoisotopic (exact) mass is 318 g/mol. The Bertz CT molecular complexity index is 709. The number of nitrogens with zero attached hydrogens (tertiary/aromatic N) is 2. The van der Waals surface area contributed by atoms with Gasteiger partial charge in [0.15, 0.2) is 11.6 Å². The fourth-order valence-electron chi connectivity index (χ4n) is 2.96. The number of carbonyl (C=O) groups is 1. The summed E-state index contributed by atoms with van der Waals surface area (Å²) in [6.45, 7) is 0.679. The second kappa shape index (κ2) is 6.42. The van der Waals surface area contributed by atoms with E-state index in [2.05, 4.69) is 4.98 Å². The minimum Gasteiger partial charge on any atom is -0.396 e. The first-order valence-electron chi connectivity index (χ1n) is 7.36. The molecule has 3 rings (SSSR count). The first-order valence-corrected chi connectivity index (χ1v) is 7.36. The number of amides is 1. The molecule has 120 valence electrons. The molecular weight excluding hydrogens is 302 g/mol. The van der Waals surface area contributed by atoms with E-state index in [1.165, 1.54) is 6.07 Å². The highest BCUT2D eigenvalue weighted by molar-refractivity contribution is 5.94. The molecular formula is C17H16F2N2O2. The van der Waals surface area contributed by atoms with E-state index in [-0.39, 0.29) is 29.9 Å². The maximum Gasteiger partial charge on any atom is 0.253 e. The van der Waals surface area contributed by atoms with Gasteiger partial charge in [-0.05, 0) is 30.3 Å². The molecule has 1 fully saturated rings. The van der Waals surface area contributed by atoms with Crippen LogP contribution >= 0.6 is 0 Å². The highest BCUT2D eigenvalue weighted by atomic mass is 19.2. The van der Waals surface area contributed by atoms with Gasteiger partial charge in [0.2, 0.25) is 0 Å². The van der Waals surface area contributed by atoms with Gasteiger partial charge in [0.05, 0.1) is 0 Å². The molecule has 0 spiro atoms. The van der Waals surface area contributed by atoms with Gasteiger partial charge in [0, 0.05) is 49.0 Å². The minimum atomic E-state index is -1.05. The van der Waals surface area contributed by atoms with Crippen molar-refractivity contribution in [3.05, 3.63) is 65.5 Å². The van der Waals surface area contributed by atoms with Crippen LogP contribution in [0.5, 0.6) is 0 Å². The predicted octanol–water partition coefficient (Wildman–Crippen LogP) is 2.21. The summed E-state index contributed by atoms with van der Waals surface area (Å²) in [6.07, 6.45) is 1.67. The van der Waals surface area contributed by atoms with E-state index < -0.39 is 11.6 Å². The molecule has 6 heteroatoms. The molecule has 0 saturated carbocycles. The summed E-state index contributed by atoms with van der Waals surface area (Å²) < 4.78 is 26.3. The Morgan fingerprint density at radius 1 is 1.22 bits per heavy atom. The zero-order valence-electron chi connectivity index (χ0n) is 12.3. The third-order valence-electron chi connectivity index (χ3n) is 4.20. The first kappa shape index (κ1) is 15.6. The second-order valence-corrected chi connectivity index (χ2v) is 5.64. The molecule has 0 aliphatic carbocycles. The maximum absolute atomic E-state index is 13.3. The summed E-state index contributed by atoms with van der Waals surface area (Å²) in [7, 11) is 0. The molecule has 0 unspecified atom stereocenters. The summed E-state index contributed by atoms with van der Waals surface area (Å²) >= 11 is 0. The fraction of sp³-hybridized carbons (Fsp3) is 0.294. The number of carbonyl (C=O) groups excluding carboxylic acids is 1. The van der Waals surface area contributed by atoms with Crippen molar-refractivity contribution >= 4 is 5.91 Å². The molecule has 0 radical (unpaired) electrons. The second-order valence-electron chi connectivity index (χ2n) is 5.64. The van der Waals surface area contributed by atoms with Crippen molar-refractivity contribution in [2.75, 3.05) is 19.7 Å². The van der Waals surface area contributed by atoms with Gasteiger partial charge in [-0.1, -0.05) is 6.07 Å². The van der Waals surface area contributed by atoms with Crippen molar-refractivity contribution in [1.29, 1.82) is 0 Å². The number of hydrogen-bond acceptors (Lipinski definition) is 3. The van der Waals surface area contributed by atoms with Crippen LogP contribution < -0.4 is 0 Å². The number of pyridine rings is 1. The molecule has 1 aliphatic heterocycles.